The van der Waals surface area contributed by atoms with Crippen molar-refractivity contribution in [1.82, 2.24) is 18.5 Å². The average Bonchev–Trinajstić information content (AvgIpc) is 0.821. The van der Waals surface area contributed by atoms with E-state index in [1.165, 1.54) is 48.5 Å². The summed E-state index contributed by atoms with van der Waals surface area (Å²) in [5, 5.41) is 42.4. The normalized spacial score (nSPS) is 11.9. The summed E-state index contributed by atoms with van der Waals surface area (Å²) >= 11 is 0. The number of rotatable bonds is 14. The van der Waals surface area contributed by atoms with Crippen LogP contribution in [-0.4, -0.2) is 88.0 Å². The number of phenols is 2. The molecule has 10 aromatic carbocycles. The number of quaternary nitrogens is 3. The quantitative estimate of drug-likeness (QED) is 0.0458. The molecule has 0 aliphatic carbocycles. The third-order valence-corrected chi connectivity index (χ3v) is 17.2. The second kappa shape index (κ2) is 30.2. The van der Waals surface area contributed by atoms with Crippen molar-refractivity contribution < 1.29 is 177 Å². The fourth-order valence-corrected chi connectivity index (χ4v) is 12.2. The van der Waals surface area contributed by atoms with Gasteiger partial charge < -0.3 is 66.6 Å². The van der Waals surface area contributed by atoms with Crippen molar-refractivity contribution in [2.24, 2.45) is 20.5 Å². The van der Waals surface area contributed by atoms with Gasteiger partial charge in [0.25, 0.3) is 0 Å². The summed E-state index contributed by atoms with van der Waals surface area (Å²) in [4.78, 5) is -4.57. The standard InChI is InChI=1S/2C26H19N3O10S3.3H3N.3Na/c2*30-23-14-18(41(34,35)36)12-15-11-17(40(31,32)33)13-22(25(15)23)29-28-20-9-10-21(27-16-5-2-1-3-6-16)26-19(20)7-4-8-24(26)42(37,38)39;;;;;;/h2*1-14,27,30H,(H,31,32,33)(H,34,35,36)(H,37,38,39);3*1H3;;;/q;;;;;3*+1/p-3. The summed E-state index contributed by atoms with van der Waals surface area (Å²) < 4.78 is 213. The van der Waals surface area contributed by atoms with Crippen molar-refractivity contribution in [3.63, 3.8) is 0 Å². The number of nitrogens with one attached hydrogen (secondary N) is 2. The number of azo groups is 2. The first kappa shape index (κ1) is 78.2. The maximum absolute atomic E-state index is 12.1. The number of fused-ring (bicyclic) bond motifs is 4. The van der Waals surface area contributed by atoms with Crippen LogP contribution in [0.4, 0.5) is 45.5 Å². The largest absolute Gasteiger partial charge is 1.00 e. The van der Waals surface area contributed by atoms with Crippen molar-refractivity contribution in [2.45, 2.75) is 29.4 Å². The van der Waals surface area contributed by atoms with Crippen LogP contribution in [0.3, 0.4) is 0 Å². The van der Waals surface area contributed by atoms with Gasteiger partial charge in [0.2, 0.25) is 0 Å². The van der Waals surface area contributed by atoms with Gasteiger partial charge in [-0.25, -0.2) is 50.5 Å². The van der Waals surface area contributed by atoms with Crippen molar-refractivity contribution in [1.29, 1.82) is 0 Å². The topological polar surface area (TPSA) is 567 Å². The monoisotopic (exact) mass is 1380 g/mol. The van der Waals surface area contributed by atoms with Crippen molar-refractivity contribution in [2.75, 3.05) is 10.6 Å². The van der Waals surface area contributed by atoms with Crippen LogP contribution in [0.25, 0.3) is 43.1 Å². The molecule has 29 nitrogen and oxygen atoms in total. The Morgan fingerprint density at radius 2 is 0.600 bits per heavy atom. The van der Waals surface area contributed by atoms with E-state index in [0.717, 1.165) is 48.5 Å². The molecule has 0 unspecified atom stereocenters. The van der Waals surface area contributed by atoms with Gasteiger partial charge in [0, 0.05) is 44.3 Å². The van der Waals surface area contributed by atoms with E-state index in [9.17, 15) is 88.0 Å². The first-order chi connectivity index (χ1) is 39.3. The Hall–Kier alpha value is -6.02. The fraction of sp³-hybridized carbons (Fsp3) is 0. The van der Waals surface area contributed by atoms with Gasteiger partial charge in [-0.15, -0.1) is 20.5 Å². The summed E-state index contributed by atoms with van der Waals surface area (Å²) in [5.74, 6) is -1.53. The Labute approximate surface area is 579 Å². The van der Waals surface area contributed by atoms with Gasteiger partial charge in [-0.05, 0) is 120 Å². The van der Waals surface area contributed by atoms with Gasteiger partial charge in [0.05, 0.1) is 62.9 Å². The number of hydrogen-bond donors (Lipinski definition) is 7. The zero-order valence-electron chi connectivity index (χ0n) is 47.6. The molecule has 16 N–H and O–H groups in total. The molecule has 0 aliphatic rings. The van der Waals surface area contributed by atoms with Crippen LogP contribution in [0.2, 0.25) is 0 Å². The average molecular weight is 1380 g/mol. The summed E-state index contributed by atoms with van der Waals surface area (Å²) in [6.45, 7) is 0. The second-order valence-electron chi connectivity index (χ2n) is 17.7. The Kier molecular flexibility index (Phi) is 26.2. The third kappa shape index (κ3) is 17.8. The molecule has 0 amide bonds. The second-order valence-corrected chi connectivity index (χ2v) is 25.9. The number of anilines is 4. The van der Waals surface area contributed by atoms with Crippen LogP contribution >= 0.6 is 0 Å². The van der Waals surface area contributed by atoms with Gasteiger partial charge >= 0.3 is 88.7 Å². The van der Waals surface area contributed by atoms with Gasteiger partial charge in [-0.2, -0.15) is 0 Å². The predicted molar refractivity (Wildman–Crippen MR) is 313 cm³/mol. The number of phenolic OH excluding ortho intramolecular Hbond substituents is 2. The molecule has 0 aromatic heterocycles. The minimum atomic E-state index is -5.12. The zero-order valence-corrected chi connectivity index (χ0v) is 58.5. The number of aromatic hydroxyl groups is 2. The summed E-state index contributed by atoms with van der Waals surface area (Å²) in [7, 11) is -30.3. The first-order valence-electron chi connectivity index (χ1n) is 23.2. The Morgan fingerprint density at radius 1 is 0.311 bits per heavy atom. The van der Waals surface area contributed by atoms with Crippen LogP contribution in [0.1, 0.15) is 0 Å². The molecule has 0 heterocycles. The fourth-order valence-electron chi connectivity index (χ4n) is 8.65. The molecule has 456 valence electrons. The maximum atomic E-state index is 12.1. The van der Waals surface area contributed by atoms with Crippen molar-refractivity contribution in [3.05, 3.63) is 170 Å². The molecule has 0 aliphatic heterocycles. The number of para-hydroxylation sites is 2. The molecule has 0 radical (unpaired) electrons. The number of hydrogen-bond acceptors (Lipinski definition) is 26. The molecule has 90 heavy (non-hydrogen) atoms. The molecular formula is C52H44N9Na3O20S6. The number of benzene rings is 10. The first-order valence-corrected chi connectivity index (χ1v) is 31.7. The van der Waals surface area contributed by atoms with Gasteiger partial charge in [-0.3, -0.25) is 0 Å². The minimum absolute atomic E-state index is 0. The molecule has 10 rings (SSSR count). The molecule has 38 heteroatoms. The molecule has 0 saturated carbocycles. The molecule has 0 saturated heterocycles. The Bertz CT molecular complexity index is 4850. The van der Waals surface area contributed by atoms with Crippen molar-refractivity contribution in [3.8, 4) is 11.5 Å². The third-order valence-electron chi connectivity index (χ3n) is 12.2. The van der Waals surface area contributed by atoms with Crippen LogP contribution in [-0.2, 0) is 60.7 Å². The minimum Gasteiger partial charge on any atom is -0.744 e. The van der Waals surface area contributed by atoms with E-state index in [2.05, 4.69) is 31.1 Å². The summed E-state index contributed by atoms with van der Waals surface area (Å²) in [6.07, 6.45) is 0. The molecule has 10 aromatic rings. The van der Waals surface area contributed by atoms with Crippen molar-refractivity contribution >= 4 is 149 Å². The Balaban J connectivity index is 0.000000441. The summed E-state index contributed by atoms with van der Waals surface area (Å²) in [6, 6.07) is 36.9. The molecule has 0 bridgehead atoms. The number of nitrogens with zero attached hydrogens (tertiary/aromatic N) is 4. The molecule has 0 spiro atoms. The summed E-state index contributed by atoms with van der Waals surface area (Å²) in [5.41, 5.74) is 0.916. The van der Waals surface area contributed by atoms with Crippen LogP contribution in [0, 0.1) is 0 Å². The van der Waals surface area contributed by atoms with E-state index in [1.54, 1.807) is 60.7 Å². The van der Waals surface area contributed by atoms with Crippen LogP contribution in [0.15, 0.2) is 220 Å². The van der Waals surface area contributed by atoms with E-state index < -0.39 is 102 Å². The SMILES string of the molecule is O=S(=O)([O-])c1cc(O)c2c(N=Nc3ccc(Nc4ccccc4)c4c(S(=O)(=O)[O-])cccc34)cc(S(=O)(=O)[O-])cc2c1.O=S(=O)([O-])c1cc(O)c2c(N=Nc3ccc(Nc4ccccc4)c4c(S(=O)(=O)[O-])cccc34)cc(S(=O)(=O)[O-])cc2c1.[NH4+].[NH4+].[NH4+].[Na+].[Na+].[Na+]. The zero-order chi connectivity index (χ0) is 60.9. The maximum Gasteiger partial charge on any atom is 1.00 e. The van der Waals surface area contributed by atoms with E-state index in [-0.39, 0.29) is 184 Å². The predicted octanol–water partition coefficient (Wildman–Crippen LogP) is 1.28. The van der Waals surface area contributed by atoms with E-state index in [4.69, 9.17) is 0 Å². The molecule has 0 atom stereocenters. The van der Waals surface area contributed by atoms with Crippen LogP contribution in [0.5, 0.6) is 11.5 Å². The smallest absolute Gasteiger partial charge is 0.744 e. The molecular weight excluding hydrogens is 1330 g/mol. The molecule has 0 fully saturated rings. The van der Waals surface area contributed by atoms with Gasteiger partial charge in [0.15, 0.2) is 0 Å². The van der Waals surface area contributed by atoms with E-state index in [1.807, 2.05) is 0 Å². The van der Waals surface area contributed by atoms with Gasteiger partial charge in [-0.1, -0.05) is 60.7 Å². The van der Waals surface area contributed by atoms with E-state index in [0.29, 0.717) is 23.5 Å². The van der Waals surface area contributed by atoms with Crippen LogP contribution < -0.4 is 118 Å². The van der Waals surface area contributed by atoms with E-state index >= 15 is 0 Å². The van der Waals surface area contributed by atoms with Gasteiger partial charge in [0.1, 0.15) is 72.2 Å². The Morgan fingerprint density at radius 3 is 0.889 bits per heavy atom.